The summed E-state index contributed by atoms with van der Waals surface area (Å²) in [5, 5.41) is 9.99. The van der Waals surface area contributed by atoms with Crippen molar-refractivity contribution in [3.63, 3.8) is 0 Å². The lowest BCUT2D eigenvalue weighted by atomic mass is 10.0. The van der Waals surface area contributed by atoms with Crippen LogP contribution >= 0.6 is 23.4 Å². The van der Waals surface area contributed by atoms with Gasteiger partial charge in [0.1, 0.15) is 11.1 Å². The number of hydrogen-bond donors (Lipinski definition) is 2. The molecule has 0 saturated carbocycles. The number of halogens is 4. The van der Waals surface area contributed by atoms with E-state index in [1.807, 2.05) is 30.3 Å². The van der Waals surface area contributed by atoms with E-state index in [-0.39, 0.29) is 5.69 Å². The fourth-order valence-corrected chi connectivity index (χ4v) is 4.45. The minimum Gasteiger partial charge on any atom is -0.325 e. The number of alkyl halides is 3. The zero-order valence-corrected chi connectivity index (χ0v) is 17.0. The molecule has 2 aromatic carbocycles. The number of fused-ring (bicyclic) bond motifs is 1. The average Bonchev–Trinajstić information content (AvgIpc) is 3.08. The van der Waals surface area contributed by atoms with Crippen LogP contribution in [-0.4, -0.2) is 26.0 Å². The summed E-state index contributed by atoms with van der Waals surface area (Å²) in [6.45, 7) is 1.78. The molecule has 1 aromatic heterocycles. The molecule has 3 aromatic rings. The fraction of sp³-hybridized carbons (Fsp3) is 0.211. The molecule has 0 bridgehead atoms. The molecule has 6 nitrogen and oxygen atoms in total. The number of aryl methyl sites for hydroxylation is 1. The van der Waals surface area contributed by atoms with Crippen molar-refractivity contribution in [2.45, 2.75) is 29.5 Å². The van der Waals surface area contributed by atoms with E-state index in [2.05, 4.69) is 20.9 Å². The highest BCUT2D eigenvalue weighted by atomic mass is 35.5. The number of aromatic nitrogens is 3. The lowest BCUT2D eigenvalue weighted by molar-refractivity contribution is -0.137. The highest BCUT2D eigenvalue weighted by molar-refractivity contribution is 8.00. The van der Waals surface area contributed by atoms with Crippen molar-refractivity contribution >= 4 is 35.0 Å². The fourth-order valence-electron chi connectivity index (χ4n) is 3.10. The van der Waals surface area contributed by atoms with Gasteiger partial charge in [-0.25, -0.2) is 4.68 Å². The van der Waals surface area contributed by atoms with Crippen molar-refractivity contribution < 1.29 is 18.0 Å². The van der Waals surface area contributed by atoms with E-state index < -0.39 is 34.0 Å². The lowest BCUT2D eigenvalue weighted by Gasteiger charge is -2.32. The largest absolute Gasteiger partial charge is 0.417 e. The first-order valence-electron chi connectivity index (χ1n) is 8.82. The van der Waals surface area contributed by atoms with Crippen LogP contribution in [0.5, 0.6) is 0 Å². The van der Waals surface area contributed by atoms with Crippen LogP contribution in [0.3, 0.4) is 0 Å². The Morgan fingerprint density at radius 3 is 2.63 bits per heavy atom. The van der Waals surface area contributed by atoms with Crippen LogP contribution in [0.1, 0.15) is 23.0 Å². The first kappa shape index (κ1) is 20.5. The Hall–Kier alpha value is -2.72. The first-order valence-corrected chi connectivity index (χ1v) is 10.1. The summed E-state index contributed by atoms with van der Waals surface area (Å²) in [4.78, 5) is 13.1. The van der Waals surface area contributed by atoms with Crippen molar-refractivity contribution in [2.75, 3.05) is 10.7 Å². The summed E-state index contributed by atoms with van der Waals surface area (Å²) in [5.41, 5.74) is 3.07. The number of carbonyl (C=O) groups excluding carboxylic acids is 1. The molecule has 1 aliphatic rings. The summed E-state index contributed by atoms with van der Waals surface area (Å²) in [6.07, 6.45) is -4.63. The Labute approximate surface area is 178 Å². The van der Waals surface area contributed by atoms with Gasteiger partial charge in [-0.1, -0.05) is 53.7 Å². The third-order valence-electron chi connectivity index (χ3n) is 4.55. The van der Waals surface area contributed by atoms with Gasteiger partial charge in [0.25, 0.3) is 0 Å². The highest BCUT2D eigenvalue weighted by Crippen LogP contribution is 2.39. The maximum absolute atomic E-state index is 13.1. The molecule has 30 heavy (non-hydrogen) atoms. The van der Waals surface area contributed by atoms with E-state index in [4.69, 9.17) is 11.6 Å². The van der Waals surface area contributed by atoms with Gasteiger partial charge < -0.3 is 10.7 Å². The minimum absolute atomic E-state index is 0.00681. The molecule has 156 valence electrons. The number of nitrogens with zero attached hydrogens (tertiary/aromatic N) is 3. The Kier molecular flexibility index (Phi) is 5.37. The second-order valence-corrected chi connectivity index (χ2v) is 8.12. The number of benzene rings is 2. The van der Waals surface area contributed by atoms with Crippen LogP contribution in [-0.2, 0) is 11.0 Å². The van der Waals surface area contributed by atoms with Crippen molar-refractivity contribution in [1.82, 2.24) is 14.9 Å². The number of thioether (sulfide) groups is 1. The normalized spacial score (nSPS) is 18.4. The Bertz CT molecular complexity index is 1090. The van der Waals surface area contributed by atoms with Gasteiger partial charge >= 0.3 is 6.18 Å². The van der Waals surface area contributed by atoms with E-state index in [1.54, 1.807) is 11.6 Å². The quantitative estimate of drug-likeness (QED) is 0.603. The third-order valence-corrected chi connectivity index (χ3v) is 6.10. The summed E-state index contributed by atoms with van der Waals surface area (Å²) < 4.78 is 41.1. The van der Waals surface area contributed by atoms with Gasteiger partial charge in [0.2, 0.25) is 11.1 Å². The zero-order chi connectivity index (χ0) is 21.5. The number of rotatable bonds is 3. The number of anilines is 1. The highest BCUT2D eigenvalue weighted by Gasteiger charge is 2.38. The SMILES string of the molecule is Cc1nnc2n1N[C@@H](c1ccccc1)[C@@H](C(=O)Nc1ccc(Cl)c(C(F)(F)F)c1)S2. The van der Waals surface area contributed by atoms with Gasteiger partial charge in [-0.15, -0.1) is 10.2 Å². The molecule has 0 unspecified atom stereocenters. The standard InChI is InChI=1S/C19H15ClF3N5OS/c1-10-25-26-18-28(10)27-15(11-5-3-2-4-6-11)16(30-18)17(29)24-12-7-8-14(20)13(9-12)19(21,22)23/h2-9,15-16,27H,1H3,(H,24,29)/t15-,16-/m0/s1. The van der Waals surface area contributed by atoms with E-state index in [0.29, 0.717) is 11.0 Å². The maximum atomic E-state index is 13.1. The smallest absolute Gasteiger partial charge is 0.325 e. The molecular weight excluding hydrogens is 439 g/mol. The summed E-state index contributed by atoms with van der Waals surface area (Å²) in [7, 11) is 0. The molecule has 2 N–H and O–H groups in total. The number of amides is 1. The minimum atomic E-state index is -4.63. The zero-order valence-electron chi connectivity index (χ0n) is 15.4. The molecule has 0 spiro atoms. The summed E-state index contributed by atoms with van der Waals surface area (Å²) in [5.74, 6) is 0.161. The predicted molar refractivity (Wildman–Crippen MR) is 108 cm³/mol. The van der Waals surface area contributed by atoms with Gasteiger partial charge in [-0.3, -0.25) is 4.79 Å². The predicted octanol–water partition coefficient (Wildman–Crippen LogP) is 4.66. The van der Waals surface area contributed by atoms with Crippen molar-refractivity contribution in [2.24, 2.45) is 0 Å². The van der Waals surface area contributed by atoms with Gasteiger partial charge in [-0.2, -0.15) is 13.2 Å². The van der Waals surface area contributed by atoms with Gasteiger partial charge in [0, 0.05) is 5.69 Å². The van der Waals surface area contributed by atoms with Crippen LogP contribution in [0.25, 0.3) is 0 Å². The number of hydrogen-bond acceptors (Lipinski definition) is 5. The number of nitrogens with one attached hydrogen (secondary N) is 2. The molecule has 2 heterocycles. The lowest BCUT2D eigenvalue weighted by Crippen LogP contribution is -2.41. The molecule has 2 atom stereocenters. The summed E-state index contributed by atoms with van der Waals surface area (Å²) >= 11 is 6.85. The molecular formula is C19H15ClF3N5OS. The average molecular weight is 454 g/mol. The second-order valence-electron chi connectivity index (χ2n) is 6.60. The topological polar surface area (TPSA) is 71.8 Å². The van der Waals surface area contributed by atoms with Gasteiger partial charge in [0.05, 0.1) is 16.6 Å². The maximum Gasteiger partial charge on any atom is 0.417 e. The first-order chi connectivity index (χ1) is 14.2. The van der Waals surface area contributed by atoms with Crippen molar-refractivity contribution in [3.8, 4) is 0 Å². The second kappa shape index (κ2) is 7.84. The summed E-state index contributed by atoms with van der Waals surface area (Å²) in [6, 6.07) is 12.1. The molecule has 1 amide bonds. The Morgan fingerprint density at radius 1 is 1.20 bits per heavy atom. The van der Waals surface area contributed by atoms with Crippen LogP contribution < -0.4 is 10.7 Å². The Balaban J connectivity index is 1.65. The molecule has 0 fully saturated rings. The molecule has 0 aliphatic carbocycles. The van der Waals surface area contributed by atoms with E-state index in [9.17, 15) is 18.0 Å². The Morgan fingerprint density at radius 2 is 1.93 bits per heavy atom. The van der Waals surface area contributed by atoms with Crippen molar-refractivity contribution in [3.05, 3.63) is 70.5 Å². The van der Waals surface area contributed by atoms with Crippen LogP contribution in [0.15, 0.2) is 53.7 Å². The molecule has 11 heteroatoms. The van der Waals surface area contributed by atoms with Gasteiger partial charge in [0.15, 0.2) is 0 Å². The molecule has 1 aliphatic heterocycles. The van der Waals surface area contributed by atoms with Crippen LogP contribution in [0.2, 0.25) is 5.02 Å². The molecule has 4 rings (SSSR count). The molecule has 0 saturated heterocycles. The van der Waals surface area contributed by atoms with E-state index in [0.717, 1.165) is 17.7 Å². The van der Waals surface area contributed by atoms with E-state index in [1.165, 1.54) is 17.8 Å². The van der Waals surface area contributed by atoms with Crippen LogP contribution in [0, 0.1) is 6.92 Å². The molecule has 0 radical (unpaired) electrons. The van der Waals surface area contributed by atoms with Crippen LogP contribution in [0.4, 0.5) is 18.9 Å². The van der Waals surface area contributed by atoms with E-state index >= 15 is 0 Å². The number of carbonyl (C=O) groups is 1. The van der Waals surface area contributed by atoms with Crippen molar-refractivity contribution in [1.29, 1.82) is 0 Å². The van der Waals surface area contributed by atoms with Gasteiger partial charge in [-0.05, 0) is 30.7 Å². The monoisotopic (exact) mass is 453 g/mol. The third kappa shape index (κ3) is 3.97.